The van der Waals surface area contributed by atoms with Gasteiger partial charge in [-0.05, 0) is 0 Å². The summed E-state index contributed by atoms with van der Waals surface area (Å²) in [5, 5.41) is 0. The number of sulfonamides is 1. The summed E-state index contributed by atoms with van der Waals surface area (Å²) in [4.78, 5) is 1.10. The van der Waals surface area contributed by atoms with Crippen molar-refractivity contribution in [2.45, 2.75) is 0 Å². The van der Waals surface area contributed by atoms with E-state index < -0.39 is 20.4 Å². The molecule has 9 heteroatoms. The van der Waals surface area contributed by atoms with Gasteiger partial charge in [0.1, 0.15) is 0 Å². The van der Waals surface area contributed by atoms with Crippen molar-refractivity contribution in [3.63, 3.8) is 0 Å². The molecular formula is CH5NO6S2. The maximum atomic E-state index is 10.1. The molecule has 0 bridgehead atoms. The SMILES string of the molecule is CS(=O)(=O)NOS(=O)(=O)O. The first-order valence-electron chi connectivity index (χ1n) is 1.83. The van der Waals surface area contributed by atoms with Crippen LogP contribution < -0.4 is 4.89 Å². The minimum atomic E-state index is -4.75. The molecule has 2 N–H and O–H groups in total. The Balaban J connectivity index is 4.05. The molecule has 0 aliphatic heterocycles. The van der Waals surface area contributed by atoms with Crippen LogP contribution in [0.1, 0.15) is 0 Å². The predicted octanol–water partition coefficient (Wildman–Crippen LogP) is -1.73. The van der Waals surface area contributed by atoms with Gasteiger partial charge in [0.2, 0.25) is 10.0 Å². The van der Waals surface area contributed by atoms with Crippen LogP contribution in [0.3, 0.4) is 0 Å². The fourth-order valence-corrected chi connectivity index (χ4v) is 0.943. The molecule has 0 unspecified atom stereocenters. The highest BCUT2D eigenvalue weighted by Crippen LogP contribution is 1.82. The molecule has 0 saturated carbocycles. The molecular weight excluding hydrogens is 186 g/mol. The number of hydrogen-bond acceptors (Lipinski definition) is 5. The van der Waals surface area contributed by atoms with E-state index in [1.165, 1.54) is 0 Å². The fourth-order valence-electron chi connectivity index (χ4n) is 0.105. The molecule has 0 saturated heterocycles. The highest BCUT2D eigenvalue weighted by molar-refractivity contribution is 7.89. The fraction of sp³-hybridized carbons (Fsp3) is 1.00. The maximum absolute atomic E-state index is 10.1. The lowest BCUT2D eigenvalue weighted by Gasteiger charge is -1.96. The largest absolute Gasteiger partial charge is 0.414 e. The van der Waals surface area contributed by atoms with Gasteiger partial charge in [-0.1, -0.05) is 4.89 Å². The van der Waals surface area contributed by atoms with E-state index in [9.17, 15) is 16.8 Å². The maximum Gasteiger partial charge on any atom is 0.414 e. The Morgan fingerprint density at radius 3 is 1.80 bits per heavy atom. The molecule has 0 amide bonds. The van der Waals surface area contributed by atoms with Crippen molar-refractivity contribution in [2.75, 3.05) is 6.26 Å². The van der Waals surface area contributed by atoms with E-state index in [1.807, 2.05) is 0 Å². The van der Waals surface area contributed by atoms with Crippen LogP contribution in [0.15, 0.2) is 0 Å². The lowest BCUT2D eigenvalue weighted by Crippen LogP contribution is -2.25. The van der Waals surface area contributed by atoms with E-state index in [0.29, 0.717) is 6.26 Å². The van der Waals surface area contributed by atoms with Crippen LogP contribution in [0.2, 0.25) is 0 Å². The minimum absolute atomic E-state index is 0.665. The van der Waals surface area contributed by atoms with Gasteiger partial charge in [0.05, 0.1) is 6.26 Å². The molecule has 7 nitrogen and oxygen atoms in total. The molecule has 0 aliphatic rings. The van der Waals surface area contributed by atoms with E-state index in [2.05, 4.69) is 4.28 Å². The molecule has 0 aromatic rings. The molecule has 62 valence electrons. The number of hydrogen-bond donors (Lipinski definition) is 2. The number of nitrogens with one attached hydrogen (secondary N) is 1. The third-order valence-electron chi connectivity index (χ3n) is 0.291. The Labute approximate surface area is 58.0 Å². The first-order valence-corrected chi connectivity index (χ1v) is 5.09. The van der Waals surface area contributed by atoms with Crippen LogP contribution in [0.4, 0.5) is 0 Å². The molecule has 0 spiro atoms. The van der Waals surface area contributed by atoms with E-state index >= 15 is 0 Å². The molecule has 0 aromatic heterocycles. The zero-order valence-electron chi connectivity index (χ0n) is 4.80. The van der Waals surface area contributed by atoms with Crippen LogP contribution in [0, 0.1) is 0 Å². The van der Waals surface area contributed by atoms with Gasteiger partial charge >= 0.3 is 10.4 Å². The van der Waals surface area contributed by atoms with Crippen molar-refractivity contribution in [1.82, 2.24) is 4.89 Å². The Morgan fingerprint density at radius 1 is 1.30 bits per heavy atom. The summed E-state index contributed by atoms with van der Waals surface area (Å²) < 4.78 is 50.6. The smallest absolute Gasteiger partial charge is 0.262 e. The lowest BCUT2D eigenvalue weighted by molar-refractivity contribution is 0.233. The Hall–Kier alpha value is -0.220. The molecule has 0 atom stereocenters. The summed E-state index contributed by atoms with van der Waals surface area (Å²) in [6.45, 7) is 0. The summed E-state index contributed by atoms with van der Waals surface area (Å²) in [6.07, 6.45) is 0.665. The van der Waals surface area contributed by atoms with Gasteiger partial charge in [-0.3, -0.25) is 4.55 Å². The van der Waals surface area contributed by atoms with Crippen molar-refractivity contribution in [3.05, 3.63) is 0 Å². The van der Waals surface area contributed by atoms with Gasteiger partial charge in [0, 0.05) is 0 Å². The Bertz CT molecular complexity index is 252. The van der Waals surface area contributed by atoms with E-state index in [0.717, 1.165) is 4.89 Å². The van der Waals surface area contributed by atoms with Crippen LogP contribution in [-0.4, -0.2) is 27.6 Å². The van der Waals surface area contributed by atoms with Crippen molar-refractivity contribution in [3.8, 4) is 0 Å². The van der Waals surface area contributed by atoms with Crippen LogP contribution >= 0.6 is 0 Å². The topological polar surface area (TPSA) is 110 Å². The lowest BCUT2D eigenvalue weighted by atomic mass is 12.0. The molecule has 0 rings (SSSR count). The summed E-state index contributed by atoms with van der Waals surface area (Å²) in [7, 11) is -8.52. The third kappa shape index (κ3) is 7.78. The van der Waals surface area contributed by atoms with Gasteiger partial charge in [0.25, 0.3) is 0 Å². The van der Waals surface area contributed by atoms with Gasteiger partial charge < -0.3 is 0 Å². The first kappa shape index (κ1) is 9.78. The van der Waals surface area contributed by atoms with Crippen molar-refractivity contribution < 1.29 is 25.7 Å². The van der Waals surface area contributed by atoms with Gasteiger partial charge in [-0.25, -0.2) is 8.42 Å². The van der Waals surface area contributed by atoms with Gasteiger partial charge in [-0.15, -0.1) is 4.28 Å². The molecule has 0 heterocycles. The van der Waals surface area contributed by atoms with Crippen LogP contribution in [0.5, 0.6) is 0 Å². The van der Waals surface area contributed by atoms with Gasteiger partial charge in [-0.2, -0.15) is 8.42 Å². The second-order valence-electron chi connectivity index (χ2n) is 1.37. The Morgan fingerprint density at radius 2 is 1.70 bits per heavy atom. The predicted molar refractivity (Wildman–Crippen MR) is 30.6 cm³/mol. The van der Waals surface area contributed by atoms with Crippen molar-refractivity contribution >= 4 is 20.4 Å². The second kappa shape index (κ2) is 2.80. The van der Waals surface area contributed by atoms with Gasteiger partial charge in [0.15, 0.2) is 0 Å². The minimum Gasteiger partial charge on any atom is -0.262 e. The highest BCUT2D eigenvalue weighted by atomic mass is 32.3. The zero-order valence-corrected chi connectivity index (χ0v) is 6.44. The van der Waals surface area contributed by atoms with Crippen LogP contribution in [-0.2, 0) is 24.7 Å². The third-order valence-corrected chi connectivity index (χ3v) is 1.08. The quantitative estimate of drug-likeness (QED) is 0.405. The van der Waals surface area contributed by atoms with E-state index in [-0.39, 0.29) is 0 Å². The summed E-state index contributed by atoms with van der Waals surface area (Å²) >= 11 is 0. The standard InChI is InChI=1S/CH5NO6S2/c1-9(3,4)2-8-10(5,6)7/h2H,1H3,(H,5,6,7). The first-order chi connectivity index (χ1) is 4.21. The highest BCUT2D eigenvalue weighted by Gasteiger charge is 2.08. The molecule has 0 aromatic carbocycles. The van der Waals surface area contributed by atoms with E-state index in [4.69, 9.17) is 4.55 Å². The summed E-state index contributed by atoms with van der Waals surface area (Å²) in [5.41, 5.74) is 0. The molecule has 0 fully saturated rings. The Kier molecular flexibility index (Phi) is 2.74. The zero-order chi connectivity index (χ0) is 8.41. The average Bonchev–Trinajstić information content (AvgIpc) is 1.57. The monoisotopic (exact) mass is 191 g/mol. The molecule has 0 radical (unpaired) electrons. The van der Waals surface area contributed by atoms with Crippen molar-refractivity contribution in [1.29, 1.82) is 0 Å². The number of rotatable bonds is 3. The van der Waals surface area contributed by atoms with Crippen LogP contribution in [0.25, 0.3) is 0 Å². The van der Waals surface area contributed by atoms with Crippen molar-refractivity contribution in [2.24, 2.45) is 0 Å². The normalized spacial score (nSPS) is 13.4. The summed E-state index contributed by atoms with van der Waals surface area (Å²) in [5.74, 6) is 0. The second-order valence-corrected chi connectivity index (χ2v) is 4.10. The molecule has 10 heavy (non-hydrogen) atoms. The average molecular weight is 191 g/mol. The molecule has 0 aliphatic carbocycles. The summed E-state index contributed by atoms with van der Waals surface area (Å²) in [6, 6.07) is 0. The van der Waals surface area contributed by atoms with E-state index in [1.54, 1.807) is 0 Å².